The molecule has 1 aromatic heterocycles. The number of benzene rings is 2. The van der Waals surface area contributed by atoms with Gasteiger partial charge in [0.05, 0.1) is 13.1 Å². The fraction of sp³-hybridized carbons (Fsp3) is 0.321. The van der Waals surface area contributed by atoms with E-state index in [1.807, 2.05) is 93.6 Å². The van der Waals surface area contributed by atoms with Crippen molar-refractivity contribution < 1.29 is 13.2 Å². The number of nitrogens with zero attached hydrogens (tertiary/aromatic N) is 2. The molecule has 5 nitrogen and oxygen atoms in total. The van der Waals surface area contributed by atoms with E-state index in [1.165, 1.54) is 14.6 Å². The maximum Gasteiger partial charge on any atom is 0.238 e. The topological polar surface area (TPSA) is 57.7 Å². The van der Waals surface area contributed by atoms with Crippen molar-refractivity contribution >= 4 is 33.3 Å². The van der Waals surface area contributed by atoms with Crippen LogP contribution in [0.5, 0.6) is 0 Å². The van der Waals surface area contributed by atoms with Crippen molar-refractivity contribution in [1.29, 1.82) is 0 Å². The minimum atomic E-state index is -3.79. The molecule has 1 amide bonds. The first kappa shape index (κ1) is 26.9. The number of carbonyl (C=O) groups is 1. The molecule has 0 aliphatic carbocycles. The Morgan fingerprint density at radius 3 is 2.23 bits per heavy atom. The summed E-state index contributed by atoms with van der Waals surface area (Å²) in [5.41, 5.74) is 1.80. The predicted molar refractivity (Wildman–Crippen MR) is 145 cm³/mol. The van der Waals surface area contributed by atoms with Crippen LogP contribution < -0.4 is 0 Å². The molecule has 1 heterocycles. The Morgan fingerprint density at radius 2 is 1.63 bits per heavy atom. The largest absolute Gasteiger partial charge is 0.332 e. The van der Waals surface area contributed by atoms with E-state index in [1.54, 1.807) is 22.3 Å². The van der Waals surface area contributed by atoms with Gasteiger partial charge in [-0.1, -0.05) is 80.9 Å². The molecule has 7 heteroatoms. The lowest BCUT2D eigenvalue weighted by Gasteiger charge is -2.28. The molecular formula is C28H34N2O3S2. The molecule has 2 aromatic carbocycles. The van der Waals surface area contributed by atoms with Gasteiger partial charge in [0.15, 0.2) is 0 Å². The Balaban J connectivity index is 1.84. The second-order valence-electron chi connectivity index (χ2n) is 8.81. The van der Waals surface area contributed by atoms with E-state index in [-0.39, 0.29) is 18.4 Å². The first-order valence-corrected chi connectivity index (χ1v) is 14.2. The lowest BCUT2D eigenvalue weighted by atomic mass is 10.1. The summed E-state index contributed by atoms with van der Waals surface area (Å²) < 4.78 is 27.9. The second kappa shape index (κ2) is 12.8. The summed E-state index contributed by atoms with van der Waals surface area (Å²) in [5, 5.41) is 1.21. The maximum atomic E-state index is 13.6. The summed E-state index contributed by atoms with van der Waals surface area (Å²) in [4.78, 5) is 17.6. The molecule has 0 saturated carbocycles. The molecule has 0 N–H and O–H groups in total. The molecule has 3 aromatic rings. The fourth-order valence-corrected chi connectivity index (χ4v) is 5.76. The smallest absolute Gasteiger partial charge is 0.238 e. The highest BCUT2D eigenvalue weighted by atomic mass is 32.2. The van der Waals surface area contributed by atoms with Gasteiger partial charge in [-0.25, -0.2) is 8.42 Å². The van der Waals surface area contributed by atoms with Gasteiger partial charge in [-0.15, -0.1) is 11.3 Å². The summed E-state index contributed by atoms with van der Waals surface area (Å²) in [6.07, 6.45) is 2.41. The van der Waals surface area contributed by atoms with Crippen LogP contribution in [0.25, 0.3) is 6.08 Å². The monoisotopic (exact) mass is 510 g/mol. The molecule has 35 heavy (non-hydrogen) atoms. The first-order valence-electron chi connectivity index (χ1n) is 11.9. The van der Waals surface area contributed by atoms with Crippen LogP contribution in [-0.2, 0) is 27.9 Å². The normalized spacial score (nSPS) is 12.8. The summed E-state index contributed by atoms with van der Waals surface area (Å²) in [6, 6.07) is 23.2. The lowest BCUT2D eigenvalue weighted by Crippen LogP contribution is -2.43. The average Bonchev–Trinajstić information content (AvgIpc) is 3.27. The zero-order valence-electron chi connectivity index (χ0n) is 20.6. The minimum absolute atomic E-state index is 0.130. The van der Waals surface area contributed by atoms with Crippen LogP contribution in [-0.4, -0.2) is 36.6 Å². The third kappa shape index (κ3) is 8.46. The third-order valence-electron chi connectivity index (χ3n) is 5.83. The van der Waals surface area contributed by atoms with Crippen LogP contribution in [0.3, 0.4) is 0 Å². The van der Waals surface area contributed by atoms with Gasteiger partial charge in [-0.05, 0) is 42.2 Å². The summed E-state index contributed by atoms with van der Waals surface area (Å²) in [5.74, 6) is -0.0786. The molecule has 0 bridgehead atoms. The highest BCUT2D eigenvalue weighted by Gasteiger charge is 2.27. The van der Waals surface area contributed by atoms with Crippen LogP contribution in [0.15, 0.2) is 78.2 Å². The zero-order valence-corrected chi connectivity index (χ0v) is 22.3. The van der Waals surface area contributed by atoms with Crippen molar-refractivity contribution in [2.24, 2.45) is 5.92 Å². The third-order valence-corrected chi connectivity index (χ3v) is 8.29. The number of sulfonamides is 1. The Kier molecular flexibility index (Phi) is 9.83. The van der Waals surface area contributed by atoms with Gasteiger partial charge in [0, 0.05) is 28.3 Å². The average molecular weight is 511 g/mol. The Hall–Kier alpha value is -2.74. The van der Waals surface area contributed by atoms with Gasteiger partial charge in [-0.2, -0.15) is 4.31 Å². The van der Waals surface area contributed by atoms with Crippen LogP contribution in [0.4, 0.5) is 0 Å². The SMILES string of the molecule is CCC(C)CN(CC(=O)N(Cc1ccccc1)Cc1ccc(C)s1)S(=O)(=O)C=Cc1ccccc1. The zero-order chi connectivity index (χ0) is 25.3. The first-order chi connectivity index (χ1) is 16.8. The summed E-state index contributed by atoms with van der Waals surface area (Å²) in [7, 11) is -3.79. The lowest BCUT2D eigenvalue weighted by molar-refractivity contribution is -0.132. The molecule has 1 unspecified atom stereocenters. The predicted octanol–water partition coefficient (Wildman–Crippen LogP) is 5.93. The quantitative estimate of drug-likeness (QED) is 0.303. The van der Waals surface area contributed by atoms with Crippen LogP contribution >= 0.6 is 11.3 Å². The Labute approximate surface area is 213 Å². The van der Waals surface area contributed by atoms with Crippen LogP contribution in [0, 0.1) is 12.8 Å². The number of thiophene rings is 1. The number of hydrogen-bond acceptors (Lipinski definition) is 4. The molecule has 0 spiro atoms. The summed E-state index contributed by atoms with van der Waals surface area (Å²) in [6.45, 7) is 7.04. The van der Waals surface area contributed by atoms with Gasteiger partial charge in [0.1, 0.15) is 0 Å². The van der Waals surface area contributed by atoms with Crippen molar-refractivity contribution in [1.82, 2.24) is 9.21 Å². The van der Waals surface area contributed by atoms with Crippen molar-refractivity contribution in [2.75, 3.05) is 13.1 Å². The number of hydrogen-bond donors (Lipinski definition) is 0. The van der Waals surface area contributed by atoms with Gasteiger partial charge in [0.25, 0.3) is 0 Å². The molecule has 3 rings (SSSR count). The Morgan fingerprint density at radius 1 is 0.971 bits per heavy atom. The van der Waals surface area contributed by atoms with Crippen LogP contribution in [0.1, 0.15) is 41.1 Å². The number of aryl methyl sites for hydroxylation is 1. The molecule has 0 fully saturated rings. The van der Waals surface area contributed by atoms with E-state index in [4.69, 9.17) is 0 Å². The molecule has 0 aliphatic rings. The number of carbonyl (C=O) groups excluding carboxylic acids is 1. The molecule has 0 saturated heterocycles. The fourth-order valence-electron chi connectivity index (χ4n) is 3.60. The van der Waals surface area contributed by atoms with Gasteiger partial charge in [0.2, 0.25) is 15.9 Å². The number of rotatable bonds is 12. The van der Waals surface area contributed by atoms with E-state index < -0.39 is 10.0 Å². The van der Waals surface area contributed by atoms with Gasteiger partial charge in [-0.3, -0.25) is 4.79 Å². The van der Waals surface area contributed by atoms with Gasteiger partial charge < -0.3 is 4.90 Å². The van der Waals surface area contributed by atoms with Gasteiger partial charge >= 0.3 is 0 Å². The van der Waals surface area contributed by atoms with Crippen LogP contribution in [0.2, 0.25) is 0 Å². The highest BCUT2D eigenvalue weighted by Crippen LogP contribution is 2.20. The van der Waals surface area contributed by atoms with E-state index in [0.29, 0.717) is 19.6 Å². The molecule has 186 valence electrons. The van der Waals surface area contributed by atoms with Crippen molar-refractivity contribution in [3.05, 3.63) is 99.1 Å². The highest BCUT2D eigenvalue weighted by molar-refractivity contribution is 7.92. The second-order valence-corrected chi connectivity index (χ2v) is 12.0. The van der Waals surface area contributed by atoms with E-state index >= 15 is 0 Å². The number of amides is 1. The summed E-state index contributed by atoms with van der Waals surface area (Å²) >= 11 is 1.65. The molecular weight excluding hydrogens is 476 g/mol. The van der Waals surface area contributed by atoms with E-state index in [9.17, 15) is 13.2 Å². The Bertz CT molecular complexity index is 1210. The maximum absolute atomic E-state index is 13.6. The molecule has 0 radical (unpaired) electrons. The standard InChI is InChI=1S/C28H34N2O3S2/c1-4-23(2)19-30(35(32,33)18-17-25-11-7-5-8-12-25)22-28(31)29(20-26-13-9-6-10-14-26)21-27-16-15-24(3)34-27/h5-18,23H,4,19-22H2,1-3H3. The van der Waals surface area contributed by atoms with E-state index in [2.05, 4.69) is 0 Å². The molecule has 1 atom stereocenters. The van der Waals surface area contributed by atoms with Crippen molar-refractivity contribution in [2.45, 2.75) is 40.3 Å². The minimum Gasteiger partial charge on any atom is -0.332 e. The van der Waals surface area contributed by atoms with Crippen molar-refractivity contribution in [3.8, 4) is 0 Å². The molecule has 0 aliphatic heterocycles. The van der Waals surface area contributed by atoms with Crippen molar-refractivity contribution in [3.63, 3.8) is 0 Å². The van der Waals surface area contributed by atoms with E-state index in [0.717, 1.165) is 22.4 Å².